The Bertz CT molecular complexity index is 577. The fourth-order valence-electron chi connectivity index (χ4n) is 1.52. The Hall–Kier alpha value is -1.95. The number of nitrogen functional groups attached to an aromatic ring is 1. The van der Waals surface area contributed by atoms with E-state index in [0.29, 0.717) is 24.6 Å². The van der Waals surface area contributed by atoms with Crippen LogP contribution in [0.2, 0.25) is 0 Å². The molecule has 0 aliphatic heterocycles. The third-order valence-corrected chi connectivity index (χ3v) is 3.09. The zero-order valence-electron chi connectivity index (χ0n) is 10.0. The molecule has 1 aromatic carbocycles. The second kappa shape index (κ2) is 5.59. The molecule has 1 heterocycles. The Morgan fingerprint density at radius 1 is 1.50 bits per heavy atom. The van der Waals surface area contributed by atoms with E-state index in [9.17, 15) is 4.79 Å². The zero-order valence-corrected chi connectivity index (χ0v) is 10.8. The van der Waals surface area contributed by atoms with Crippen molar-refractivity contribution in [2.75, 3.05) is 17.7 Å². The van der Waals surface area contributed by atoms with Gasteiger partial charge in [-0.15, -0.1) is 0 Å². The fourth-order valence-corrected chi connectivity index (χ4v) is 2.10. The molecule has 0 aliphatic rings. The van der Waals surface area contributed by atoms with Gasteiger partial charge in [-0.3, -0.25) is 4.79 Å². The Balaban J connectivity index is 2.05. The van der Waals surface area contributed by atoms with Crippen LogP contribution in [0.5, 0.6) is 5.75 Å². The Labute approximate surface area is 109 Å². The molecule has 0 fully saturated rings. The molecular weight excluding hydrogens is 250 g/mol. The van der Waals surface area contributed by atoms with Crippen LogP contribution in [0.1, 0.15) is 12.6 Å². The molecule has 4 N–H and O–H groups in total. The Morgan fingerprint density at radius 3 is 3.00 bits per heavy atom. The first kappa shape index (κ1) is 12.5. The lowest BCUT2D eigenvalue weighted by Crippen LogP contribution is -2.04. The summed E-state index contributed by atoms with van der Waals surface area (Å²) in [6.45, 7) is 3.05. The maximum Gasteiger partial charge on any atom is 0.304 e. The minimum absolute atomic E-state index is 0.0425. The van der Waals surface area contributed by atoms with E-state index in [1.807, 2.05) is 19.1 Å². The smallest absolute Gasteiger partial charge is 0.304 e. The van der Waals surface area contributed by atoms with Crippen molar-refractivity contribution >= 4 is 22.7 Å². The van der Waals surface area contributed by atoms with Crippen molar-refractivity contribution in [1.29, 1.82) is 0 Å². The van der Waals surface area contributed by atoms with Gasteiger partial charge >= 0.3 is 4.87 Å². The summed E-state index contributed by atoms with van der Waals surface area (Å²) < 4.78 is 5.41. The highest BCUT2D eigenvalue weighted by Gasteiger charge is 2.02. The van der Waals surface area contributed by atoms with Gasteiger partial charge in [-0.05, 0) is 19.1 Å². The number of aromatic nitrogens is 1. The van der Waals surface area contributed by atoms with E-state index >= 15 is 0 Å². The summed E-state index contributed by atoms with van der Waals surface area (Å²) in [6.07, 6.45) is 0. The van der Waals surface area contributed by atoms with E-state index in [1.54, 1.807) is 11.4 Å². The molecule has 2 rings (SSSR count). The molecule has 5 nitrogen and oxygen atoms in total. The van der Waals surface area contributed by atoms with Crippen LogP contribution in [0.15, 0.2) is 28.4 Å². The van der Waals surface area contributed by atoms with Crippen molar-refractivity contribution in [2.24, 2.45) is 0 Å². The highest BCUT2D eigenvalue weighted by molar-refractivity contribution is 7.07. The molecule has 0 amide bonds. The zero-order chi connectivity index (χ0) is 13.0. The molecule has 2 aromatic rings. The van der Waals surface area contributed by atoms with Gasteiger partial charge in [-0.25, -0.2) is 0 Å². The van der Waals surface area contributed by atoms with Crippen LogP contribution in [0.3, 0.4) is 0 Å². The van der Waals surface area contributed by atoms with Gasteiger partial charge in [0.2, 0.25) is 0 Å². The second-order valence-corrected chi connectivity index (χ2v) is 4.55. The number of hydrogen-bond acceptors (Lipinski definition) is 5. The number of benzene rings is 1. The topological polar surface area (TPSA) is 80.1 Å². The van der Waals surface area contributed by atoms with Gasteiger partial charge in [0.05, 0.1) is 18.8 Å². The van der Waals surface area contributed by atoms with Gasteiger partial charge < -0.3 is 20.8 Å². The van der Waals surface area contributed by atoms with E-state index in [1.165, 1.54) is 0 Å². The van der Waals surface area contributed by atoms with Crippen LogP contribution in [0.25, 0.3) is 0 Å². The predicted molar refractivity (Wildman–Crippen MR) is 74.3 cm³/mol. The SMILES string of the molecule is CCOc1cc(NCc2csc(=O)[nH]2)ccc1N. The molecule has 96 valence electrons. The quantitative estimate of drug-likeness (QED) is 0.723. The number of rotatable bonds is 5. The number of aromatic amines is 1. The number of H-pyrrole nitrogens is 1. The summed E-state index contributed by atoms with van der Waals surface area (Å²) in [7, 11) is 0. The monoisotopic (exact) mass is 265 g/mol. The van der Waals surface area contributed by atoms with E-state index < -0.39 is 0 Å². The van der Waals surface area contributed by atoms with Crippen molar-refractivity contribution < 1.29 is 4.74 Å². The summed E-state index contributed by atoms with van der Waals surface area (Å²) in [4.78, 5) is 13.7. The molecule has 0 radical (unpaired) electrons. The number of thiazole rings is 1. The second-order valence-electron chi connectivity index (χ2n) is 3.71. The van der Waals surface area contributed by atoms with Crippen LogP contribution in [0, 0.1) is 0 Å². The van der Waals surface area contributed by atoms with Crippen LogP contribution in [-0.2, 0) is 6.54 Å². The molecule has 0 saturated carbocycles. The number of nitrogens with two attached hydrogens (primary N) is 1. The Kier molecular flexibility index (Phi) is 3.88. The van der Waals surface area contributed by atoms with Crippen molar-refractivity contribution in [2.45, 2.75) is 13.5 Å². The first-order chi connectivity index (χ1) is 8.69. The van der Waals surface area contributed by atoms with Gasteiger partial charge in [0.15, 0.2) is 0 Å². The molecule has 6 heteroatoms. The van der Waals surface area contributed by atoms with Gasteiger partial charge in [0.25, 0.3) is 0 Å². The lowest BCUT2D eigenvalue weighted by Gasteiger charge is -2.10. The summed E-state index contributed by atoms with van der Waals surface area (Å²) in [6, 6.07) is 5.52. The molecule has 18 heavy (non-hydrogen) atoms. The number of anilines is 2. The minimum Gasteiger partial charge on any atom is -0.492 e. The predicted octanol–water partition coefficient (Wildman–Crippen LogP) is 2.03. The molecule has 0 aliphatic carbocycles. The number of ether oxygens (including phenoxy) is 1. The van der Waals surface area contributed by atoms with Crippen molar-refractivity contribution in [3.63, 3.8) is 0 Å². The summed E-state index contributed by atoms with van der Waals surface area (Å²) in [5, 5.41) is 5.00. The summed E-state index contributed by atoms with van der Waals surface area (Å²) >= 11 is 1.16. The van der Waals surface area contributed by atoms with Gasteiger partial charge in [0.1, 0.15) is 5.75 Å². The van der Waals surface area contributed by atoms with Crippen molar-refractivity contribution in [1.82, 2.24) is 4.98 Å². The molecule has 0 saturated heterocycles. The summed E-state index contributed by atoms with van der Waals surface area (Å²) in [5.74, 6) is 0.668. The van der Waals surface area contributed by atoms with Crippen LogP contribution in [-0.4, -0.2) is 11.6 Å². The fraction of sp³-hybridized carbons (Fsp3) is 0.250. The Morgan fingerprint density at radius 2 is 2.33 bits per heavy atom. The average molecular weight is 265 g/mol. The van der Waals surface area contributed by atoms with Crippen LogP contribution < -0.4 is 20.7 Å². The maximum absolute atomic E-state index is 11.0. The van der Waals surface area contributed by atoms with Crippen molar-refractivity contribution in [3.05, 3.63) is 38.9 Å². The molecule has 0 atom stereocenters. The summed E-state index contributed by atoms with van der Waals surface area (Å²) in [5.41, 5.74) is 8.17. The maximum atomic E-state index is 11.0. The largest absolute Gasteiger partial charge is 0.492 e. The number of nitrogens with one attached hydrogen (secondary N) is 2. The lowest BCUT2D eigenvalue weighted by atomic mass is 10.2. The third-order valence-electron chi connectivity index (χ3n) is 2.37. The van der Waals surface area contributed by atoms with E-state index in [-0.39, 0.29) is 4.87 Å². The van der Waals surface area contributed by atoms with Gasteiger partial charge in [0, 0.05) is 22.8 Å². The highest BCUT2D eigenvalue weighted by Crippen LogP contribution is 2.25. The molecule has 0 unspecified atom stereocenters. The van der Waals surface area contributed by atoms with E-state index in [4.69, 9.17) is 10.5 Å². The standard InChI is InChI=1S/C12H15N3O2S/c1-2-17-11-5-8(3-4-10(11)13)14-6-9-7-18-12(16)15-9/h3-5,7,14H,2,6,13H2,1H3,(H,15,16). The molecular formula is C12H15N3O2S. The third kappa shape index (κ3) is 3.04. The first-order valence-electron chi connectivity index (χ1n) is 5.62. The van der Waals surface area contributed by atoms with Gasteiger partial charge in [-0.1, -0.05) is 11.3 Å². The highest BCUT2D eigenvalue weighted by atomic mass is 32.1. The molecule has 0 spiro atoms. The van der Waals surface area contributed by atoms with E-state index in [0.717, 1.165) is 22.7 Å². The normalized spacial score (nSPS) is 10.3. The van der Waals surface area contributed by atoms with Crippen molar-refractivity contribution in [3.8, 4) is 5.75 Å². The van der Waals surface area contributed by atoms with Gasteiger partial charge in [-0.2, -0.15) is 0 Å². The van der Waals surface area contributed by atoms with Crippen LogP contribution in [0.4, 0.5) is 11.4 Å². The van der Waals surface area contributed by atoms with E-state index in [2.05, 4.69) is 10.3 Å². The molecule has 0 bridgehead atoms. The van der Waals surface area contributed by atoms with Crippen LogP contribution >= 0.6 is 11.3 Å². The minimum atomic E-state index is -0.0425. The molecule has 1 aromatic heterocycles. The average Bonchev–Trinajstić information content (AvgIpc) is 2.76. The first-order valence-corrected chi connectivity index (χ1v) is 6.50. The number of hydrogen-bond donors (Lipinski definition) is 3. The lowest BCUT2D eigenvalue weighted by molar-refractivity contribution is 0.342.